The number of piperazine rings is 1. The van der Waals surface area contributed by atoms with Gasteiger partial charge in [0.2, 0.25) is 0 Å². The van der Waals surface area contributed by atoms with Gasteiger partial charge in [0.15, 0.2) is 0 Å². The van der Waals surface area contributed by atoms with Gasteiger partial charge in [0.05, 0.1) is 5.69 Å². The number of nitrogens with two attached hydrogens (primary N) is 1. The van der Waals surface area contributed by atoms with Crippen molar-refractivity contribution >= 4 is 0 Å². The minimum atomic E-state index is 0.0357. The summed E-state index contributed by atoms with van der Waals surface area (Å²) in [6, 6.07) is 6.47. The van der Waals surface area contributed by atoms with E-state index in [1.54, 1.807) is 6.20 Å². The minimum absolute atomic E-state index is 0.0357. The summed E-state index contributed by atoms with van der Waals surface area (Å²) in [5.41, 5.74) is 7.16. The molecule has 4 heteroatoms. The van der Waals surface area contributed by atoms with Crippen molar-refractivity contribution in [3.8, 4) is 0 Å². The molecular formula is C12H20N4. The van der Waals surface area contributed by atoms with Crippen LogP contribution in [0.1, 0.15) is 18.2 Å². The highest BCUT2D eigenvalue weighted by Gasteiger charge is 2.21. The van der Waals surface area contributed by atoms with Crippen LogP contribution in [0.5, 0.6) is 0 Å². The Kier molecular flexibility index (Phi) is 3.88. The molecule has 2 unspecified atom stereocenters. The van der Waals surface area contributed by atoms with Crippen LogP contribution < -0.4 is 11.1 Å². The summed E-state index contributed by atoms with van der Waals surface area (Å²) in [6.07, 6.45) is 2.76. The van der Waals surface area contributed by atoms with Gasteiger partial charge in [-0.3, -0.25) is 4.98 Å². The predicted octanol–water partition coefficient (Wildman–Crippen LogP) is 0.375. The van der Waals surface area contributed by atoms with E-state index in [9.17, 15) is 0 Å². The van der Waals surface area contributed by atoms with Crippen LogP contribution in [0.25, 0.3) is 0 Å². The van der Waals surface area contributed by atoms with Gasteiger partial charge in [0.25, 0.3) is 0 Å². The summed E-state index contributed by atoms with van der Waals surface area (Å²) in [4.78, 5) is 6.68. The number of pyridine rings is 1. The Morgan fingerprint density at radius 3 is 3.19 bits per heavy atom. The van der Waals surface area contributed by atoms with E-state index in [-0.39, 0.29) is 6.04 Å². The molecule has 1 aliphatic rings. The Morgan fingerprint density at radius 1 is 1.62 bits per heavy atom. The third kappa shape index (κ3) is 2.78. The molecule has 0 saturated carbocycles. The lowest BCUT2D eigenvalue weighted by atomic mass is 10.0. The van der Waals surface area contributed by atoms with E-state index < -0.39 is 0 Å². The van der Waals surface area contributed by atoms with Crippen LogP contribution in [0.4, 0.5) is 0 Å². The van der Waals surface area contributed by atoms with Crippen LogP contribution in [0.15, 0.2) is 24.4 Å². The molecule has 0 bridgehead atoms. The maximum atomic E-state index is 6.17. The van der Waals surface area contributed by atoms with Crippen LogP contribution in [0, 0.1) is 0 Å². The van der Waals surface area contributed by atoms with Crippen molar-refractivity contribution in [1.82, 2.24) is 15.2 Å². The largest absolute Gasteiger partial charge is 0.323 e. The van der Waals surface area contributed by atoms with E-state index in [1.165, 1.54) is 0 Å². The summed E-state index contributed by atoms with van der Waals surface area (Å²) in [6.45, 7) is 3.20. The molecule has 1 aliphatic heterocycles. The lowest BCUT2D eigenvalue weighted by Crippen LogP contribution is -2.50. The maximum absolute atomic E-state index is 6.17. The molecule has 0 aliphatic carbocycles. The summed E-state index contributed by atoms with van der Waals surface area (Å²) in [5, 5.41) is 3.40. The molecule has 1 saturated heterocycles. The van der Waals surface area contributed by atoms with Crippen molar-refractivity contribution in [1.29, 1.82) is 0 Å². The highest BCUT2D eigenvalue weighted by Crippen LogP contribution is 2.16. The molecule has 2 rings (SSSR count). The SMILES string of the molecule is CN1CCNCC1CC(N)c1ccccn1. The predicted molar refractivity (Wildman–Crippen MR) is 65.1 cm³/mol. The van der Waals surface area contributed by atoms with Gasteiger partial charge < -0.3 is 16.0 Å². The molecule has 0 amide bonds. The van der Waals surface area contributed by atoms with Gasteiger partial charge in [-0.1, -0.05) is 6.07 Å². The van der Waals surface area contributed by atoms with E-state index in [0.29, 0.717) is 6.04 Å². The lowest BCUT2D eigenvalue weighted by Gasteiger charge is -2.34. The number of hydrogen-bond acceptors (Lipinski definition) is 4. The molecule has 16 heavy (non-hydrogen) atoms. The number of nitrogens with one attached hydrogen (secondary N) is 1. The molecule has 2 heterocycles. The zero-order valence-corrected chi connectivity index (χ0v) is 9.76. The fourth-order valence-electron chi connectivity index (χ4n) is 2.13. The van der Waals surface area contributed by atoms with Gasteiger partial charge >= 0.3 is 0 Å². The Hall–Kier alpha value is -0.970. The zero-order chi connectivity index (χ0) is 11.4. The lowest BCUT2D eigenvalue weighted by molar-refractivity contribution is 0.182. The van der Waals surface area contributed by atoms with Crippen molar-refractivity contribution in [2.45, 2.75) is 18.5 Å². The van der Waals surface area contributed by atoms with E-state index >= 15 is 0 Å². The second-order valence-corrected chi connectivity index (χ2v) is 4.44. The quantitative estimate of drug-likeness (QED) is 0.773. The number of likely N-dealkylation sites (N-methyl/N-ethyl adjacent to an activating group) is 1. The van der Waals surface area contributed by atoms with Crippen LogP contribution in [0.2, 0.25) is 0 Å². The third-order valence-electron chi connectivity index (χ3n) is 3.24. The van der Waals surface area contributed by atoms with Gasteiger partial charge in [0, 0.05) is 37.9 Å². The molecule has 0 aromatic carbocycles. The highest BCUT2D eigenvalue weighted by atomic mass is 15.2. The standard InChI is InChI=1S/C12H20N4/c1-16-7-6-14-9-10(16)8-11(13)12-4-2-3-5-15-12/h2-5,10-11,14H,6-9,13H2,1H3. The molecule has 2 atom stereocenters. The van der Waals surface area contributed by atoms with Gasteiger partial charge in [-0.25, -0.2) is 0 Å². The van der Waals surface area contributed by atoms with Crippen molar-refractivity contribution in [2.24, 2.45) is 5.73 Å². The Balaban J connectivity index is 1.94. The first kappa shape index (κ1) is 11.5. The van der Waals surface area contributed by atoms with Gasteiger partial charge in [-0.05, 0) is 25.6 Å². The van der Waals surface area contributed by atoms with Crippen molar-refractivity contribution in [2.75, 3.05) is 26.7 Å². The van der Waals surface area contributed by atoms with E-state index in [0.717, 1.165) is 31.7 Å². The first-order chi connectivity index (χ1) is 7.77. The molecular weight excluding hydrogens is 200 g/mol. The smallest absolute Gasteiger partial charge is 0.0571 e. The van der Waals surface area contributed by atoms with Crippen molar-refractivity contribution in [3.63, 3.8) is 0 Å². The second-order valence-electron chi connectivity index (χ2n) is 4.44. The molecule has 1 aromatic rings. The maximum Gasteiger partial charge on any atom is 0.0571 e. The van der Waals surface area contributed by atoms with Crippen LogP contribution in [0.3, 0.4) is 0 Å². The molecule has 0 spiro atoms. The van der Waals surface area contributed by atoms with E-state index in [1.807, 2.05) is 18.2 Å². The minimum Gasteiger partial charge on any atom is -0.323 e. The topological polar surface area (TPSA) is 54.2 Å². The Bertz CT molecular complexity index is 314. The van der Waals surface area contributed by atoms with E-state index in [4.69, 9.17) is 5.73 Å². The van der Waals surface area contributed by atoms with Crippen molar-refractivity contribution in [3.05, 3.63) is 30.1 Å². The normalized spacial score (nSPS) is 24.2. The number of rotatable bonds is 3. The number of aromatic nitrogens is 1. The van der Waals surface area contributed by atoms with Gasteiger partial charge in [-0.2, -0.15) is 0 Å². The third-order valence-corrected chi connectivity index (χ3v) is 3.24. The molecule has 3 N–H and O–H groups in total. The van der Waals surface area contributed by atoms with Crippen LogP contribution in [-0.2, 0) is 0 Å². The molecule has 88 valence electrons. The van der Waals surface area contributed by atoms with Crippen LogP contribution in [-0.4, -0.2) is 42.6 Å². The number of nitrogens with zero attached hydrogens (tertiary/aromatic N) is 2. The van der Waals surface area contributed by atoms with Gasteiger partial charge in [0.1, 0.15) is 0 Å². The Labute approximate surface area is 96.8 Å². The molecule has 1 fully saturated rings. The highest BCUT2D eigenvalue weighted by molar-refractivity contribution is 5.08. The van der Waals surface area contributed by atoms with Gasteiger partial charge in [-0.15, -0.1) is 0 Å². The monoisotopic (exact) mass is 220 g/mol. The first-order valence-electron chi connectivity index (χ1n) is 5.85. The summed E-state index contributed by atoms with van der Waals surface area (Å²) in [5.74, 6) is 0. The Morgan fingerprint density at radius 2 is 2.50 bits per heavy atom. The zero-order valence-electron chi connectivity index (χ0n) is 9.76. The fraction of sp³-hybridized carbons (Fsp3) is 0.583. The molecule has 0 radical (unpaired) electrons. The summed E-state index contributed by atoms with van der Waals surface area (Å²) < 4.78 is 0. The summed E-state index contributed by atoms with van der Waals surface area (Å²) in [7, 11) is 2.16. The summed E-state index contributed by atoms with van der Waals surface area (Å²) >= 11 is 0. The first-order valence-corrected chi connectivity index (χ1v) is 5.85. The number of hydrogen-bond donors (Lipinski definition) is 2. The second kappa shape index (κ2) is 5.39. The van der Waals surface area contributed by atoms with E-state index in [2.05, 4.69) is 22.2 Å². The van der Waals surface area contributed by atoms with Crippen molar-refractivity contribution < 1.29 is 0 Å². The molecule has 1 aromatic heterocycles. The molecule has 4 nitrogen and oxygen atoms in total. The average Bonchev–Trinajstić information content (AvgIpc) is 2.33. The average molecular weight is 220 g/mol. The van der Waals surface area contributed by atoms with Crippen LogP contribution >= 0.6 is 0 Å². The fourth-order valence-corrected chi connectivity index (χ4v) is 2.13.